The first-order valence-corrected chi connectivity index (χ1v) is 10.5. The second-order valence-corrected chi connectivity index (χ2v) is 7.79. The van der Waals surface area contributed by atoms with Crippen LogP contribution in [-0.4, -0.2) is 28.4 Å². The first-order valence-electron chi connectivity index (χ1n) is 9.34. The van der Waals surface area contributed by atoms with Crippen LogP contribution in [0.1, 0.15) is 27.4 Å². The number of benzene rings is 1. The van der Waals surface area contributed by atoms with Crippen molar-refractivity contribution < 1.29 is 23.5 Å². The molecule has 0 fully saturated rings. The fourth-order valence-corrected chi connectivity index (χ4v) is 4.36. The number of thioether (sulfide) groups is 1. The lowest BCUT2D eigenvalue weighted by Crippen LogP contribution is -2.28. The number of rotatable bonds is 6. The summed E-state index contributed by atoms with van der Waals surface area (Å²) in [7, 11) is 0. The Morgan fingerprint density at radius 2 is 2.07 bits per heavy atom. The lowest BCUT2D eigenvalue weighted by atomic mass is 10.2. The molecule has 2 N–H and O–H groups in total. The average molecular weight is 426 g/mol. The van der Waals surface area contributed by atoms with Crippen LogP contribution in [0.2, 0.25) is 0 Å². The molecule has 0 spiro atoms. The van der Waals surface area contributed by atoms with Crippen LogP contribution in [0, 0.1) is 0 Å². The van der Waals surface area contributed by atoms with Gasteiger partial charge in [0.25, 0.3) is 5.91 Å². The predicted molar refractivity (Wildman–Crippen MR) is 108 cm³/mol. The Morgan fingerprint density at radius 1 is 1.17 bits per heavy atom. The largest absolute Gasteiger partial charge is 0.467 e. The molecule has 154 valence electrons. The molecule has 9 nitrogen and oxygen atoms in total. The molecular weight excluding hydrogens is 408 g/mol. The quantitative estimate of drug-likeness (QED) is 0.624. The van der Waals surface area contributed by atoms with Crippen LogP contribution in [-0.2, 0) is 29.4 Å². The van der Waals surface area contributed by atoms with Crippen LogP contribution >= 0.6 is 11.8 Å². The van der Waals surface area contributed by atoms with Crippen molar-refractivity contribution >= 4 is 29.4 Å². The third-order valence-electron chi connectivity index (χ3n) is 4.82. The summed E-state index contributed by atoms with van der Waals surface area (Å²) in [5.74, 6) is 3.33. The van der Waals surface area contributed by atoms with Gasteiger partial charge in [0.2, 0.25) is 12.7 Å². The Balaban J connectivity index is 1.33. The van der Waals surface area contributed by atoms with Gasteiger partial charge in [0.1, 0.15) is 18.1 Å². The molecule has 0 bridgehead atoms. The van der Waals surface area contributed by atoms with Crippen molar-refractivity contribution in [2.24, 2.45) is 0 Å². The zero-order valence-corrected chi connectivity index (χ0v) is 16.7. The van der Waals surface area contributed by atoms with Gasteiger partial charge in [-0.05, 0) is 30.3 Å². The maximum absolute atomic E-state index is 12.9. The van der Waals surface area contributed by atoms with E-state index in [0.29, 0.717) is 35.2 Å². The second-order valence-electron chi connectivity index (χ2n) is 6.80. The zero-order chi connectivity index (χ0) is 20.5. The van der Waals surface area contributed by atoms with Gasteiger partial charge in [-0.1, -0.05) is 0 Å². The number of nitrogens with one attached hydrogen (secondary N) is 2. The van der Waals surface area contributed by atoms with Gasteiger partial charge >= 0.3 is 0 Å². The normalized spacial score (nSPS) is 13.9. The molecular formula is C20H18N4O5S. The molecule has 1 aromatic carbocycles. The van der Waals surface area contributed by atoms with Gasteiger partial charge in [0, 0.05) is 22.6 Å². The van der Waals surface area contributed by atoms with Gasteiger partial charge in [-0.3, -0.25) is 9.59 Å². The van der Waals surface area contributed by atoms with Gasteiger partial charge in [-0.2, -0.15) is 16.9 Å². The number of furan rings is 1. The molecule has 5 rings (SSSR count). The van der Waals surface area contributed by atoms with E-state index in [9.17, 15) is 9.59 Å². The van der Waals surface area contributed by atoms with E-state index in [-0.39, 0.29) is 25.2 Å². The molecule has 0 atom stereocenters. The lowest BCUT2D eigenvalue weighted by molar-refractivity contribution is -0.122. The van der Waals surface area contributed by atoms with E-state index < -0.39 is 0 Å². The molecule has 0 saturated heterocycles. The number of hydrogen-bond acceptors (Lipinski definition) is 7. The van der Waals surface area contributed by atoms with Crippen molar-refractivity contribution in [2.75, 3.05) is 12.1 Å². The minimum atomic E-state index is -0.301. The minimum Gasteiger partial charge on any atom is -0.467 e. The number of hydrogen-bond donors (Lipinski definition) is 2. The Kier molecular flexibility index (Phi) is 4.83. The van der Waals surface area contributed by atoms with Crippen molar-refractivity contribution in [1.82, 2.24) is 15.1 Å². The molecule has 0 saturated carbocycles. The molecule has 2 aromatic heterocycles. The first-order chi connectivity index (χ1) is 14.7. The Bertz CT molecular complexity index is 1110. The van der Waals surface area contributed by atoms with E-state index in [1.54, 1.807) is 53.0 Å². The second kappa shape index (κ2) is 7.79. The van der Waals surface area contributed by atoms with E-state index in [0.717, 1.165) is 22.8 Å². The van der Waals surface area contributed by atoms with Crippen LogP contribution in [0.25, 0.3) is 0 Å². The number of nitrogens with zero attached hydrogens (tertiary/aromatic N) is 2. The Labute approximate surface area is 175 Å². The summed E-state index contributed by atoms with van der Waals surface area (Å²) in [5, 5.41) is 10.3. The smallest absolute Gasteiger partial charge is 0.256 e. The highest BCUT2D eigenvalue weighted by atomic mass is 32.2. The maximum Gasteiger partial charge on any atom is 0.256 e. The molecule has 10 heteroatoms. The Morgan fingerprint density at radius 3 is 2.93 bits per heavy atom. The highest BCUT2D eigenvalue weighted by Crippen LogP contribution is 2.36. The number of amides is 2. The van der Waals surface area contributed by atoms with Crippen LogP contribution in [0.5, 0.6) is 11.5 Å². The monoisotopic (exact) mass is 426 g/mol. The summed E-state index contributed by atoms with van der Waals surface area (Å²) in [6, 6.07) is 8.58. The number of carbonyl (C=O) groups is 2. The topological polar surface area (TPSA) is 108 Å². The summed E-state index contributed by atoms with van der Waals surface area (Å²) >= 11 is 1.72. The number of carbonyl (C=O) groups excluding carboxylic acids is 2. The van der Waals surface area contributed by atoms with Crippen molar-refractivity contribution in [3.63, 3.8) is 0 Å². The molecule has 2 aliphatic heterocycles. The summed E-state index contributed by atoms with van der Waals surface area (Å²) in [6.07, 6.45) is 1.56. The third kappa shape index (κ3) is 3.61. The van der Waals surface area contributed by atoms with E-state index in [1.165, 1.54) is 0 Å². The van der Waals surface area contributed by atoms with Crippen LogP contribution in [0.15, 0.2) is 41.0 Å². The van der Waals surface area contributed by atoms with Gasteiger partial charge in [-0.25, -0.2) is 4.68 Å². The number of ether oxygens (including phenoxy) is 2. The van der Waals surface area contributed by atoms with E-state index in [4.69, 9.17) is 13.9 Å². The summed E-state index contributed by atoms with van der Waals surface area (Å²) < 4.78 is 17.4. The van der Waals surface area contributed by atoms with E-state index >= 15 is 0 Å². The lowest BCUT2D eigenvalue weighted by Gasteiger charge is -2.11. The highest BCUT2D eigenvalue weighted by molar-refractivity contribution is 7.98. The highest BCUT2D eigenvalue weighted by Gasteiger charge is 2.26. The number of aromatic nitrogens is 2. The maximum atomic E-state index is 12.9. The first kappa shape index (κ1) is 18.6. The zero-order valence-electron chi connectivity index (χ0n) is 15.8. The Hall–Kier alpha value is -3.40. The van der Waals surface area contributed by atoms with E-state index in [2.05, 4.69) is 15.7 Å². The summed E-state index contributed by atoms with van der Waals surface area (Å²) in [4.78, 5) is 25.3. The average Bonchev–Trinajstić information content (AvgIpc) is 3.52. The van der Waals surface area contributed by atoms with Crippen molar-refractivity contribution in [1.29, 1.82) is 0 Å². The van der Waals surface area contributed by atoms with Crippen LogP contribution in [0.3, 0.4) is 0 Å². The standard InChI is InChI=1S/C20H18N4O5S/c25-18(21-7-13-2-1-5-27-13)8-24-19(14-9-30-10-15(14)23-24)22-20(26)12-3-4-16-17(6-12)29-11-28-16/h1-6H,7-11H2,(H,21,25)(H,22,26). The summed E-state index contributed by atoms with van der Waals surface area (Å²) in [5.41, 5.74) is 2.28. The van der Waals surface area contributed by atoms with Gasteiger partial charge in [-0.15, -0.1) is 0 Å². The molecule has 2 amide bonds. The SMILES string of the molecule is O=C(Cn1nc2c(c1NC(=O)c1ccc3c(c1)OCO3)CSC2)NCc1ccco1. The molecule has 0 aliphatic carbocycles. The van der Waals surface area contributed by atoms with Gasteiger partial charge in [0.05, 0.1) is 18.5 Å². The third-order valence-corrected chi connectivity index (χ3v) is 5.79. The molecule has 30 heavy (non-hydrogen) atoms. The fourth-order valence-electron chi connectivity index (χ4n) is 3.33. The fraction of sp³-hybridized carbons (Fsp3) is 0.250. The minimum absolute atomic E-state index is 0.00483. The predicted octanol–water partition coefficient (Wildman–Crippen LogP) is 2.52. The molecule has 4 heterocycles. The molecule has 0 unspecified atom stereocenters. The van der Waals surface area contributed by atoms with Crippen molar-refractivity contribution in [3.8, 4) is 11.5 Å². The molecule has 3 aromatic rings. The summed E-state index contributed by atoms with van der Waals surface area (Å²) in [6.45, 7) is 0.432. The number of fused-ring (bicyclic) bond motifs is 2. The molecule has 0 radical (unpaired) electrons. The van der Waals surface area contributed by atoms with Gasteiger partial charge in [0.15, 0.2) is 11.5 Å². The van der Waals surface area contributed by atoms with Crippen LogP contribution in [0.4, 0.5) is 5.82 Å². The van der Waals surface area contributed by atoms with Crippen molar-refractivity contribution in [3.05, 3.63) is 59.2 Å². The van der Waals surface area contributed by atoms with Crippen molar-refractivity contribution in [2.45, 2.75) is 24.6 Å². The molecule has 2 aliphatic rings. The van der Waals surface area contributed by atoms with Crippen LogP contribution < -0.4 is 20.1 Å². The number of anilines is 1. The van der Waals surface area contributed by atoms with Gasteiger partial charge < -0.3 is 24.5 Å². The van der Waals surface area contributed by atoms with E-state index in [1.807, 2.05) is 0 Å².